The number of piperidine rings is 1. The Morgan fingerprint density at radius 1 is 1.05 bits per heavy atom. The highest BCUT2D eigenvalue weighted by atomic mass is 19.1. The molecule has 1 aliphatic heterocycles. The van der Waals surface area contributed by atoms with Gasteiger partial charge < -0.3 is 19.7 Å². The normalized spacial score (nSPS) is 16.7. The molecule has 6 rings (SSSR count). The maximum atomic E-state index is 15.0. The van der Waals surface area contributed by atoms with Gasteiger partial charge in [0.25, 0.3) is 5.91 Å². The summed E-state index contributed by atoms with van der Waals surface area (Å²) in [5.41, 5.74) is 1.96. The van der Waals surface area contributed by atoms with Crippen LogP contribution >= 0.6 is 0 Å². The van der Waals surface area contributed by atoms with Crippen molar-refractivity contribution in [2.24, 2.45) is 0 Å². The number of fused-ring (bicyclic) bond motifs is 3. The molecule has 226 valence electrons. The van der Waals surface area contributed by atoms with Crippen LogP contribution in [0.4, 0.5) is 14.7 Å². The van der Waals surface area contributed by atoms with Gasteiger partial charge in [-0.3, -0.25) is 9.59 Å². The number of hydrogen-bond acceptors (Lipinski definition) is 8. The number of amides is 1. The van der Waals surface area contributed by atoms with E-state index in [0.29, 0.717) is 47.8 Å². The highest BCUT2D eigenvalue weighted by molar-refractivity contribution is 5.95. The number of methoxy groups -OCH3 is 2. The summed E-state index contributed by atoms with van der Waals surface area (Å²) in [6.45, 7) is 2.60. The van der Waals surface area contributed by atoms with Gasteiger partial charge in [-0.1, -0.05) is 12.1 Å². The van der Waals surface area contributed by atoms with Crippen molar-refractivity contribution in [3.8, 4) is 11.5 Å². The standard InChI is InChI=1S/C32H30F2N6O4/c1-18-4-7-22(16-39(18)31(42)20-8-5-19(17-41)6-9-20)29-37-30-25-12-23(33)13-26(34)28(25)36-32(40(30)38-29)35-15-21-10-11-24(43-2)14-27(21)44-3/h5-6,8-14,17-18,22H,4,7,15-16H2,1-3H3,(H,35,36)/t18-,22+/m0/s1. The second kappa shape index (κ2) is 11.9. The molecule has 0 radical (unpaired) electrons. The Kier molecular flexibility index (Phi) is 7.81. The largest absolute Gasteiger partial charge is 0.497 e. The number of carbonyl (C=O) groups excluding carboxylic acids is 2. The van der Waals surface area contributed by atoms with Crippen molar-refractivity contribution in [2.75, 3.05) is 26.1 Å². The lowest BCUT2D eigenvalue weighted by Gasteiger charge is -2.37. The molecular weight excluding hydrogens is 570 g/mol. The second-order valence-corrected chi connectivity index (χ2v) is 10.8. The van der Waals surface area contributed by atoms with Gasteiger partial charge in [-0.05, 0) is 50.1 Å². The number of anilines is 1. The summed E-state index contributed by atoms with van der Waals surface area (Å²) in [7, 11) is 3.12. The van der Waals surface area contributed by atoms with Crippen molar-refractivity contribution in [2.45, 2.75) is 38.3 Å². The molecule has 3 aromatic carbocycles. The van der Waals surface area contributed by atoms with Crippen molar-refractivity contribution < 1.29 is 27.8 Å². The van der Waals surface area contributed by atoms with Gasteiger partial charge in [0, 0.05) is 53.9 Å². The van der Waals surface area contributed by atoms with E-state index in [1.54, 1.807) is 55.5 Å². The molecular formula is C32H30F2N6O4. The molecule has 10 nitrogen and oxygen atoms in total. The van der Waals surface area contributed by atoms with Crippen molar-refractivity contribution in [1.29, 1.82) is 0 Å². The summed E-state index contributed by atoms with van der Waals surface area (Å²) >= 11 is 0. The van der Waals surface area contributed by atoms with Crippen molar-refractivity contribution in [3.05, 3.63) is 88.7 Å². The summed E-state index contributed by atoms with van der Waals surface area (Å²) in [6, 6.07) is 13.9. The number of rotatable bonds is 8. The first-order chi connectivity index (χ1) is 21.3. The molecule has 12 heteroatoms. The van der Waals surface area contributed by atoms with E-state index in [9.17, 15) is 18.4 Å². The number of nitrogens with one attached hydrogen (secondary N) is 1. The zero-order chi connectivity index (χ0) is 31.0. The second-order valence-electron chi connectivity index (χ2n) is 10.8. The van der Waals surface area contributed by atoms with Gasteiger partial charge in [0.1, 0.15) is 29.1 Å². The van der Waals surface area contributed by atoms with Gasteiger partial charge >= 0.3 is 0 Å². The highest BCUT2D eigenvalue weighted by Crippen LogP contribution is 2.32. The molecule has 0 bridgehead atoms. The molecule has 0 spiro atoms. The lowest BCUT2D eigenvalue weighted by Crippen LogP contribution is -2.45. The fourth-order valence-electron chi connectivity index (χ4n) is 5.58. The molecule has 3 heterocycles. The number of benzene rings is 3. The number of likely N-dealkylation sites (tertiary alicyclic amines) is 1. The Labute approximate surface area is 251 Å². The third-order valence-corrected chi connectivity index (χ3v) is 8.04. The van der Waals surface area contributed by atoms with E-state index in [-0.39, 0.29) is 46.9 Å². The van der Waals surface area contributed by atoms with Crippen LogP contribution in [0.3, 0.4) is 0 Å². The number of aldehydes is 1. The van der Waals surface area contributed by atoms with Crippen LogP contribution in [-0.4, -0.2) is 63.5 Å². The van der Waals surface area contributed by atoms with E-state index in [0.717, 1.165) is 17.9 Å². The number of hydrogen-bond donors (Lipinski definition) is 1. The SMILES string of the molecule is COc1ccc(CNc2nc3c(F)cc(F)cc3c3nc([C@@H]4CC[C@H](C)N(C(=O)c5ccc(C=O)cc5)C4)nn23)c(OC)c1. The van der Waals surface area contributed by atoms with E-state index >= 15 is 0 Å². The lowest BCUT2D eigenvalue weighted by atomic mass is 9.92. The minimum Gasteiger partial charge on any atom is -0.497 e. The van der Waals surface area contributed by atoms with Crippen LogP contribution in [0, 0.1) is 11.6 Å². The van der Waals surface area contributed by atoms with Crippen LogP contribution in [-0.2, 0) is 6.54 Å². The smallest absolute Gasteiger partial charge is 0.254 e. The molecule has 0 unspecified atom stereocenters. The minimum absolute atomic E-state index is 0.0241. The number of halogens is 2. The maximum absolute atomic E-state index is 15.0. The number of carbonyl (C=O) groups is 2. The molecule has 1 saturated heterocycles. The first-order valence-corrected chi connectivity index (χ1v) is 14.2. The van der Waals surface area contributed by atoms with Crippen LogP contribution < -0.4 is 14.8 Å². The molecule has 1 aliphatic rings. The lowest BCUT2D eigenvalue weighted by molar-refractivity contribution is 0.0606. The van der Waals surface area contributed by atoms with Gasteiger partial charge in [0.05, 0.1) is 19.6 Å². The summed E-state index contributed by atoms with van der Waals surface area (Å²) in [5, 5.41) is 8.14. The predicted molar refractivity (Wildman–Crippen MR) is 159 cm³/mol. The Bertz CT molecular complexity index is 1880. The third kappa shape index (κ3) is 5.38. The van der Waals surface area contributed by atoms with Crippen LogP contribution in [0.25, 0.3) is 16.6 Å². The third-order valence-electron chi connectivity index (χ3n) is 8.04. The van der Waals surface area contributed by atoms with Crippen LogP contribution in [0.2, 0.25) is 0 Å². The Morgan fingerprint density at radius 3 is 2.57 bits per heavy atom. The molecule has 2 atom stereocenters. The first-order valence-electron chi connectivity index (χ1n) is 14.2. The van der Waals surface area contributed by atoms with Gasteiger partial charge in [-0.2, -0.15) is 4.52 Å². The van der Waals surface area contributed by atoms with Crippen molar-refractivity contribution in [1.82, 2.24) is 24.5 Å². The Morgan fingerprint density at radius 2 is 1.84 bits per heavy atom. The summed E-state index contributed by atoms with van der Waals surface area (Å²) in [4.78, 5) is 35.5. The Hall–Kier alpha value is -5.13. The number of aromatic nitrogens is 4. The molecule has 0 saturated carbocycles. The zero-order valence-electron chi connectivity index (χ0n) is 24.4. The van der Waals surface area contributed by atoms with Crippen molar-refractivity contribution in [3.63, 3.8) is 0 Å². The van der Waals surface area contributed by atoms with Gasteiger partial charge in [0.2, 0.25) is 5.95 Å². The molecule has 1 fully saturated rings. The molecule has 0 aliphatic carbocycles. The average molecular weight is 601 g/mol. The van der Waals surface area contributed by atoms with Gasteiger partial charge in [0.15, 0.2) is 17.3 Å². The fourth-order valence-corrected chi connectivity index (χ4v) is 5.58. The molecule has 1 N–H and O–H groups in total. The summed E-state index contributed by atoms with van der Waals surface area (Å²) < 4.78 is 41.6. The predicted octanol–water partition coefficient (Wildman–Crippen LogP) is 5.41. The number of ether oxygens (including phenoxy) is 2. The number of nitrogens with zero attached hydrogens (tertiary/aromatic N) is 5. The van der Waals surface area contributed by atoms with E-state index < -0.39 is 11.6 Å². The minimum atomic E-state index is -0.819. The van der Waals surface area contributed by atoms with Crippen LogP contribution in [0.1, 0.15) is 57.8 Å². The Balaban J connectivity index is 1.36. The zero-order valence-corrected chi connectivity index (χ0v) is 24.4. The average Bonchev–Trinajstić information content (AvgIpc) is 3.50. The highest BCUT2D eigenvalue weighted by Gasteiger charge is 2.33. The van der Waals surface area contributed by atoms with Gasteiger partial charge in [-0.25, -0.2) is 18.7 Å². The molecule has 1 amide bonds. The summed E-state index contributed by atoms with van der Waals surface area (Å²) in [6.07, 6.45) is 2.16. The van der Waals surface area contributed by atoms with E-state index in [4.69, 9.17) is 19.6 Å². The fraction of sp³-hybridized carbons (Fsp3) is 0.281. The topological polar surface area (TPSA) is 111 Å². The van der Waals surface area contributed by atoms with Crippen molar-refractivity contribution >= 4 is 34.7 Å². The quantitative estimate of drug-likeness (QED) is 0.236. The summed E-state index contributed by atoms with van der Waals surface area (Å²) in [5.74, 6) is -0.0889. The van der Waals surface area contributed by atoms with E-state index in [2.05, 4.69) is 10.3 Å². The van der Waals surface area contributed by atoms with Gasteiger partial charge in [-0.15, -0.1) is 5.10 Å². The molecule has 5 aromatic rings. The van der Waals surface area contributed by atoms with E-state index in [1.807, 2.05) is 13.0 Å². The maximum Gasteiger partial charge on any atom is 0.254 e. The first kappa shape index (κ1) is 29.0. The monoisotopic (exact) mass is 600 g/mol. The van der Waals surface area contributed by atoms with Crippen LogP contribution in [0.15, 0.2) is 54.6 Å². The molecule has 2 aromatic heterocycles. The molecule has 44 heavy (non-hydrogen) atoms. The van der Waals surface area contributed by atoms with E-state index in [1.165, 1.54) is 10.6 Å². The van der Waals surface area contributed by atoms with Crippen LogP contribution in [0.5, 0.6) is 11.5 Å².